The molecule has 1 rings (SSSR count). The molecule has 0 fully saturated rings. The molecule has 0 spiro atoms. The average molecular weight is 306 g/mol. The number of carbonyl (C=O) groups is 2. The molecular formula is C17H26N2O3. The van der Waals surface area contributed by atoms with E-state index in [1.54, 1.807) is 4.90 Å². The fourth-order valence-electron chi connectivity index (χ4n) is 2.22. The first kappa shape index (κ1) is 18.2. The van der Waals surface area contributed by atoms with Gasteiger partial charge in [-0.3, -0.25) is 14.5 Å². The number of rotatable bonds is 6. The van der Waals surface area contributed by atoms with Crippen LogP contribution in [0.4, 0.5) is 5.69 Å². The highest BCUT2D eigenvalue weighted by Crippen LogP contribution is 2.29. The summed E-state index contributed by atoms with van der Waals surface area (Å²) >= 11 is 0. The van der Waals surface area contributed by atoms with Crippen molar-refractivity contribution in [3.63, 3.8) is 0 Å². The summed E-state index contributed by atoms with van der Waals surface area (Å²) in [6, 6.07) is 7.67. The molecule has 0 aliphatic rings. The van der Waals surface area contributed by atoms with E-state index in [4.69, 9.17) is 5.11 Å². The summed E-state index contributed by atoms with van der Waals surface area (Å²) in [6.45, 7) is 9.92. The summed E-state index contributed by atoms with van der Waals surface area (Å²) in [6.07, 6.45) is 0. The minimum absolute atomic E-state index is 0.0142. The molecule has 0 aromatic heterocycles. The number of nitrogens with zero attached hydrogens (tertiary/aromatic N) is 1. The lowest BCUT2D eigenvalue weighted by Crippen LogP contribution is -2.41. The van der Waals surface area contributed by atoms with Gasteiger partial charge in [0.2, 0.25) is 5.91 Å². The summed E-state index contributed by atoms with van der Waals surface area (Å²) in [5, 5.41) is 11.8. The largest absolute Gasteiger partial charge is 0.480 e. The number of hydrogen-bond donors (Lipinski definition) is 2. The number of para-hydroxylation sites is 1. The molecule has 0 unspecified atom stereocenters. The molecule has 22 heavy (non-hydrogen) atoms. The standard InChI is InChI=1S/C17H26N2O3/c1-12(2)19(11-16(21)22)10-15(20)18-14-9-7-6-8-13(14)17(3,4)5/h6-9,12H,10-11H2,1-5H3,(H,18,20)(H,21,22). The molecule has 0 bridgehead atoms. The predicted molar refractivity (Wildman–Crippen MR) is 88.1 cm³/mol. The molecular weight excluding hydrogens is 280 g/mol. The van der Waals surface area contributed by atoms with Crippen molar-refractivity contribution in [1.29, 1.82) is 0 Å². The first-order valence-corrected chi connectivity index (χ1v) is 7.46. The van der Waals surface area contributed by atoms with Crippen molar-refractivity contribution in [3.05, 3.63) is 29.8 Å². The minimum atomic E-state index is -0.934. The van der Waals surface area contributed by atoms with Crippen molar-refractivity contribution in [2.24, 2.45) is 0 Å². The quantitative estimate of drug-likeness (QED) is 0.848. The fraction of sp³-hybridized carbons (Fsp3) is 0.529. The molecule has 1 aromatic rings. The summed E-state index contributed by atoms with van der Waals surface area (Å²) in [4.78, 5) is 24.7. The van der Waals surface area contributed by atoms with Gasteiger partial charge in [-0.25, -0.2) is 0 Å². The maximum absolute atomic E-state index is 12.2. The van der Waals surface area contributed by atoms with E-state index in [-0.39, 0.29) is 30.5 Å². The van der Waals surface area contributed by atoms with Crippen molar-refractivity contribution in [2.75, 3.05) is 18.4 Å². The van der Waals surface area contributed by atoms with Crippen LogP contribution in [0.1, 0.15) is 40.2 Å². The Kier molecular flexibility index (Phi) is 6.11. The number of benzene rings is 1. The highest BCUT2D eigenvalue weighted by Gasteiger charge is 2.21. The van der Waals surface area contributed by atoms with E-state index in [0.29, 0.717) is 0 Å². The first-order valence-electron chi connectivity index (χ1n) is 7.46. The van der Waals surface area contributed by atoms with Gasteiger partial charge >= 0.3 is 5.97 Å². The number of carboxylic acids is 1. The van der Waals surface area contributed by atoms with Crippen molar-refractivity contribution in [1.82, 2.24) is 4.90 Å². The second kappa shape index (κ2) is 7.40. The Morgan fingerprint density at radius 3 is 2.27 bits per heavy atom. The second-order valence-corrected chi connectivity index (χ2v) is 6.74. The minimum Gasteiger partial charge on any atom is -0.480 e. The summed E-state index contributed by atoms with van der Waals surface area (Å²) in [7, 11) is 0. The Labute approximate surface area is 132 Å². The lowest BCUT2D eigenvalue weighted by molar-refractivity contribution is -0.139. The van der Waals surface area contributed by atoms with Gasteiger partial charge in [-0.05, 0) is 30.9 Å². The Morgan fingerprint density at radius 1 is 1.18 bits per heavy atom. The van der Waals surface area contributed by atoms with Crippen molar-refractivity contribution in [2.45, 2.75) is 46.1 Å². The number of carbonyl (C=O) groups excluding carboxylic acids is 1. The zero-order chi connectivity index (χ0) is 16.9. The predicted octanol–water partition coefficient (Wildman–Crippen LogP) is 2.72. The van der Waals surface area contributed by atoms with Crippen LogP contribution in [0.3, 0.4) is 0 Å². The number of nitrogens with one attached hydrogen (secondary N) is 1. The Bertz CT molecular complexity index is 533. The van der Waals surface area contributed by atoms with Crippen LogP contribution in [0, 0.1) is 0 Å². The molecule has 0 saturated carbocycles. The van der Waals surface area contributed by atoms with Crippen LogP contribution in [0.15, 0.2) is 24.3 Å². The Hall–Kier alpha value is -1.88. The number of amides is 1. The molecule has 1 amide bonds. The maximum Gasteiger partial charge on any atom is 0.317 e. The Morgan fingerprint density at radius 2 is 1.77 bits per heavy atom. The maximum atomic E-state index is 12.2. The van der Waals surface area contributed by atoms with E-state index in [2.05, 4.69) is 26.1 Å². The highest BCUT2D eigenvalue weighted by molar-refractivity contribution is 5.93. The van der Waals surface area contributed by atoms with Gasteiger partial charge in [0.15, 0.2) is 0 Å². The zero-order valence-corrected chi connectivity index (χ0v) is 14.0. The van der Waals surface area contributed by atoms with Gasteiger partial charge in [-0.2, -0.15) is 0 Å². The second-order valence-electron chi connectivity index (χ2n) is 6.74. The lowest BCUT2D eigenvalue weighted by atomic mass is 9.86. The van der Waals surface area contributed by atoms with E-state index in [0.717, 1.165) is 11.3 Å². The smallest absolute Gasteiger partial charge is 0.317 e. The van der Waals surface area contributed by atoms with Crippen LogP contribution in [0.5, 0.6) is 0 Å². The third kappa shape index (κ3) is 5.48. The molecule has 5 nitrogen and oxygen atoms in total. The van der Waals surface area contributed by atoms with Crippen LogP contribution >= 0.6 is 0 Å². The van der Waals surface area contributed by atoms with Crippen LogP contribution in [-0.2, 0) is 15.0 Å². The molecule has 0 saturated heterocycles. The zero-order valence-electron chi connectivity index (χ0n) is 14.0. The van der Waals surface area contributed by atoms with Crippen molar-refractivity contribution < 1.29 is 14.7 Å². The third-order valence-electron chi connectivity index (χ3n) is 3.42. The SMILES string of the molecule is CC(C)N(CC(=O)O)CC(=O)Nc1ccccc1C(C)(C)C. The van der Waals surface area contributed by atoms with Gasteiger partial charge in [-0.1, -0.05) is 39.0 Å². The van der Waals surface area contributed by atoms with Crippen molar-refractivity contribution in [3.8, 4) is 0 Å². The molecule has 1 aromatic carbocycles. The van der Waals surface area contributed by atoms with Gasteiger partial charge in [0, 0.05) is 11.7 Å². The van der Waals surface area contributed by atoms with E-state index in [1.807, 2.05) is 38.1 Å². The first-order chi connectivity index (χ1) is 10.1. The average Bonchev–Trinajstić information content (AvgIpc) is 2.36. The molecule has 0 aliphatic carbocycles. The molecule has 2 N–H and O–H groups in total. The molecule has 0 atom stereocenters. The summed E-state index contributed by atoms with van der Waals surface area (Å²) in [5.74, 6) is -1.14. The van der Waals surface area contributed by atoms with Crippen LogP contribution in [-0.4, -0.2) is 41.0 Å². The topological polar surface area (TPSA) is 69.6 Å². The van der Waals surface area contributed by atoms with E-state index in [1.165, 1.54) is 0 Å². The summed E-state index contributed by atoms with van der Waals surface area (Å²) < 4.78 is 0. The van der Waals surface area contributed by atoms with Crippen LogP contribution in [0.2, 0.25) is 0 Å². The number of carboxylic acid groups (broad SMARTS) is 1. The van der Waals surface area contributed by atoms with Gasteiger partial charge in [-0.15, -0.1) is 0 Å². The lowest BCUT2D eigenvalue weighted by Gasteiger charge is -2.26. The van der Waals surface area contributed by atoms with Gasteiger partial charge in [0.1, 0.15) is 0 Å². The normalized spacial score (nSPS) is 11.8. The van der Waals surface area contributed by atoms with Gasteiger partial charge in [0.05, 0.1) is 13.1 Å². The van der Waals surface area contributed by atoms with Crippen LogP contribution < -0.4 is 5.32 Å². The Balaban J connectivity index is 2.83. The molecule has 122 valence electrons. The fourth-order valence-corrected chi connectivity index (χ4v) is 2.22. The number of hydrogen-bond acceptors (Lipinski definition) is 3. The molecule has 0 radical (unpaired) electrons. The van der Waals surface area contributed by atoms with Crippen LogP contribution in [0.25, 0.3) is 0 Å². The monoisotopic (exact) mass is 306 g/mol. The highest BCUT2D eigenvalue weighted by atomic mass is 16.4. The van der Waals surface area contributed by atoms with E-state index < -0.39 is 5.97 Å². The van der Waals surface area contributed by atoms with Crippen molar-refractivity contribution >= 4 is 17.6 Å². The number of anilines is 1. The summed E-state index contributed by atoms with van der Waals surface area (Å²) in [5.41, 5.74) is 1.75. The molecule has 0 heterocycles. The third-order valence-corrected chi connectivity index (χ3v) is 3.42. The van der Waals surface area contributed by atoms with Gasteiger partial charge < -0.3 is 10.4 Å². The molecule has 0 aliphatic heterocycles. The molecule has 5 heteroatoms. The van der Waals surface area contributed by atoms with E-state index in [9.17, 15) is 9.59 Å². The van der Waals surface area contributed by atoms with E-state index >= 15 is 0 Å². The number of aliphatic carboxylic acids is 1. The van der Waals surface area contributed by atoms with Gasteiger partial charge in [0.25, 0.3) is 0 Å².